The van der Waals surface area contributed by atoms with Crippen LogP contribution in [0.5, 0.6) is 0 Å². The van der Waals surface area contributed by atoms with E-state index < -0.39 is 0 Å². The first kappa shape index (κ1) is 14.4. The predicted octanol–water partition coefficient (Wildman–Crippen LogP) is 4.70. The number of halogens is 3. The van der Waals surface area contributed by atoms with Crippen molar-refractivity contribution in [3.8, 4) is 0 Å². The molecule has 3 nitrogen and oxygen atoms in total. The van der Waals surface area contributed by atoms with E-state index >= 15 is 0 Å². The van der Waals surface area contributed by atoms with Gasteiger partial charge in [0, 0.05) is 20.3 Å². The molecule has 0 unspecified atom stereocenters. The van der Waals surface area contributed by atoms with Gasteiger partial charge < -0.3 is 11.1 Å². The lowest BCUT2D eigenvalue weighted by Gasteiger charge is -2.08. The number of carbonyl (C=O) groups excluding carboxylic acids is 1. The van der Waals surface area contributed by atoms with Gasteiger partial charge in [0.05, 0.1) is 10.6 Å². The highest BCUT2D eigenvalue weighted by atomic mass is 79.9. The molecule has 2 rings (SSSR count). The van der Waals surface area contributed by atoms with Gasteiger partial charge in [0.15, 0.2) is 0 Å². The van der Waals surface area contributed by atoms with Crippen molar-refractivity contribution < 1.29 is 4.79 Å². The van der Waals surface area contributed by atoms with Gasteiger partial charge in [0.1, 0.15) is 0 Å². The highest BCUT2D eigenvalue weighted by molar-refractivity contribution is 9.10. The number of amides is 1. The van der Waals surface area contributed by atoms with E-state index in [0.717, 1.165) is 8.95 Å². The fourth-order valence-electron chi connectivity index (χ4n) is 1.47. The summed E-state index contributed by atoms with van der Waals surface area (Å²) >= 11 is 12.6. The SMILES string of the molecule is Nc1ccc(NC(=O)c2cc(Br)ccc2Cl)cc1Br. The Bertz CT molecular complexity index is 647. The average molecular weight is 404 g/mol. The number of carbonyl (C=O) groups is 1. The van der Waals surface area contributed by atoms with Crippen LogP contribution in [0.2, 0.25) is 5.02 Å². The van der Waals surface area contributed by atoms with E-state index in [1.165, 1.54) is 0 Å². The van der Waals surface area contributed by atoms with Gasteiger partial charge in [-0.3, -0.25) is 4.79 Å². The summed E-state index contributed by atoms with van der Waals surface area (Å²) in [5.41, 5.74) is 7.34. The Morgan fingerprint density at radius 3 is 2.58 bits per heavy atom. The van der Waals surface area contributed by atoms with Crippen LogP contribution >= 0.6 is 43.5 Å². The zero-order valence-electron chi connectivity index (χ0n) is 9.58. The van der Waals surface area contributed by atoms with Crippen LogP contribution in [0, 0.1) is 0 Å². The third-order valence-corrected chi connectivity index (χ3v) is 3.94. The molecule has 0 saturated heterocycles. The first-order chi connectivity index (χ1) is 8.97. The minimum absolute atomic E-state index is 0.275. The van der Waals surface area contributed by atoms with E-state index in [-0.39, 0.29) is 5.91 Å². The van der Waals surface area contributed by atoms with Crippen molar-refractivity contribution >= 4 is 60.7 Å². The summed E-state index contributed by atoms with van der Waals surface area (Å²) in [5, 5.41) is 3.16. The lowest BCUT2D eigenvalue weighted by molar-refractivity contribution is 0.102. The zero-order chi connectivity index (χ0) is 14.0. The topological polar surface area (TPSA) is 55.1 Å². The number of rotatable bonds is 2. The fourth-order valence-corrected chi connectivity index (χ4v) is 2.42. The maximum absolute atomic E-state index is 12.1. The smallest absolute Gasteiger partial charge is 0.257 e. The molecule has 0 aromatic heterocycles. The number of hydrogen-bond donors (Lipinski definition) is 2. The molecule has 19 heavy (non-hydrogen) atoms. The summed E-state index contributed by atoms with van der Waals surface area (Å²) < 4.78 is 1.52. The molecule has 0 radical (unpaired) electrons. The number of benzene rings is 2. The van der Waals surface area contributed by atoms with Gasteiger partial charge in [0.2, 0.25) is 0 Å². The first-order valence-corrected chi connectivity index (χ1v) is 7.25. The summed E-state index contributed by atoms with van der Waals surface area (Å²) in [6.07, 6.45) is 0. The van der Waals surface area contributed by atoms with Gasteiger partial charge in [-0.05, 0) is 52.3 Å². The van der Waals surface area contributed by atoms with E-state index in [1.807, 2.05) is 0 Å². The Morgan fingerprint density at radius 1 is 1.16 bits per heavy atom. The molecule has 0 aliphatic rings. The van der Waals surface area contributed by atoms with E-state index in [1.54, 1.807) is 36.4 Å². The zero-order valence-corrected chi connectivity index (χ0v) is 13.5. The summed E-state index contributed by atoms with van der Waals surface area (Å²) in [4.78, 5) is 12.1. The van der Waals surface area contributed by atoms with Gasteiger partial charge in [-0.15, -0.1) is 0 Å². The van der Waals surface area contributed by atoms with Crippen LogP contribution < -0.4 is 11.1 Å². The maximum atomic E-state index is 12.1. The molecule has 6 heteroatoms. The third kappa shape index (κ3) is 3.49. The van der Waals surface area contributed by atoms with E-state index in [0.29, 0.717) is 22.0 Å². The number of hydrogen-bond acceptors (Lipinski definition) is 2. The Labute approximate surface area is 132 Å². The van der Waals surface area contributed by atoms with Gasteiger partial charge in [-0.25, -0.2) is 0 Å². The molecular formula is C13H9Br2ClN2O. The van der Waals surface area contributed by atoms with Crippen molar-refractivity contribution in [2.75, 3.05) is 11.1 Å². The third-order valence-electron chi connectivity index (χ3n) is 2.43. The van der Waals surface area contributed by atoms with Crippen LogP contribution in [0.3, 0.4) is 0 Å². The average Bonchev–Trinajstić information content (AvgIpc) is 2.36. The number of nitrogens with two attached hydrogens (primary N) is 1. The van der Waals surface area contributed by atoms with Crippen molar-refractivity contribution in [3.63, 3.8) is 0 Å². The number of nitrogens with one attached hydrogen (secondary N) is 1. The van der Waals surface area contributed by atoms with Crippen LogP contribution in [-0.4, -0.2) is 5.91 Å². The van der Waals surface area contributed by atoms with Gasteiger partial charge in [-0.1, -0.05) is 27.5 Å². The standard InChI is InChI=1S/C13H9Br2ClN2O/c14-7-1-3-11(16)9(5-7)13(19)18-8-2-4-12(17)10(15)6-8/h1-6H,17H2,(H,18,19). The second kappa shape index (κ2) is 5.94. The molecule has 0 spiro atoms. The van der Waals surface area contributed by atoms with Crippen molar-refractivity contribution in [2.24, 2.45) is 0 Å². The molecular weight excluding hydrogens is 395 g/mol. The van der Waals surface area contributed by atoms with Crippen LogP contribution in [0.25, 0.3) is 0 Å². The van der Waals surface area contributed by atoms with E-state index in [4.69, 9.17) is 17.3 Å². The molecule has 1 amide bonds. The van der Waals surface area contributed by atoms with E-state index in [9.17, 15) is 4.79 Å². The highest BCUT2D eigenvalue weighted by Crippen LogP contribution is 2.25. The Hall–Kier alpha value is -1.04. The van der Waals surface area contributed by atoms with Crippen molar-refractivity contribution in [1.29, 1.82) is 0 Å². The minimum Gasteiger partial charge on any atom is -0.398 e. The lowest BCUT2D eigenvalue weighted by Crippen LogP contribution is -2.12. The summed E-state index contributed by atoms with van der Waals surface area (Å²) in [7, 11) is 0. The quantitative estimate of drug-likeness (QED) is 0.713. The predicted molar refractivity (Wildman–Crippen MR) is 85.7 cm³/mol. The van der Waals surface area contributed by atoms with Crippen LogP contribution in [-0.2, 0) is 0 Å². The molecule has 0 fully saturated rings. The lowest BCUT2D eigenvalue weighted by atomic mass is 10.2. The molecule has 0 bridgehead atoms. The molecule has 3 N–H and O–H groups in total. The minimum atomic E-state index is -0.275. The molecule has 0 atom stereocenters. The van der Waals surface area contributed by atoms with Crippen molar-refractivity contribution in [1.82, 2.24) is 0 Å². The Balaban J connectivity index is 2.25. The molecule has 2 aromatic carbocycles. The van der Waals surface area contributed by atoms with Crippen LogP contribution in [0.15, 0.2) is 45.3 Å². The highest BCUT2D eigenvalue weighted by Gasteiger charge is 2.11. The normalized spacial score (nSPS) is 10.3. The molecule has 0 aliphatic heterocycles. The summed E-state index contributed by atoms with van der Waals surface area (Å²) in [6, 6.07) is 10.3. The van der Waals surface area contributed by atoms with Gasteiger partial charge >= 0.3 is 0 Å². The largest absolute Gasteiger partial charge is 0.398 e. The van der Waals surface area contributed by atoms with Crippen LogP contribution in [0.4, 0.5) is 11.4 Å². The second-order valence-corrected chi connectivity index (χ2v) is 5.99. The summed E-state index contributed by atoms with van der Waals surface area (Å²) in [6.45, 7) is 0. The second-order valence-electron chi connectivity index (χ2n) is 3.81. The first-order valence-electron chi connectivity index (χ1n) is 5.29. The molecule has 0 heterocycles. The molecule has 98 valence electrons. The number of nitrogen functional groups attached to an aromatic ring is 1. The monoisotopic (exact) mass is 402 g/mol. The number of anilines is 2. The van der Waals surface area contributed by atoms with Gasteiger partial charge in [0.25, 0.3) is 5.91 Å². The maximum Gasteiger partial charge on any atom is 0.257 e. The molecule has 0 aliphatic carbocycles. The van der Waals surface area contributed by atoms with Crippen molar-refractivity contribution in [3.05, 3.63) is 55.9 Å². The Morgan fingerprint density at radius 2 is 1.89 bits per heavy atom. The van der Waals surface area contributed by atoms with Gasteiger partial charge in [-0.2, -0.15) is 0 Å². The Kier molecular flexibility index (Phi) is 4.50. The molecule has 2 aromatic rings. The van der Waals surface area contributed by atoms with E-state index in [2.05, 4.69) is 37.2 Å². The fraction of sp³-hybridized carbons (Fsp3) is 0. The summed E-state index contributed by atoms with van der Waals surface area (Å²) in [5.74, 6) is -0.275. The van der Waals surface area contributed by atoms with Crippen LogP contribution in [0.1, 0.15) is 10.4 Å². The molecule has 0 saturated carbocycles. The van der Waals surface area contributed by atoms with Crippen molar-refractivity contribution in [2.45, 2.75) is 0 Å².